The monoisotopic (exact) mass is 466 g/mol. The average Bonchev–Trinajstić information content (AvgIpc) is 3.26. The number of hydrogen-bond donors (Lipinski definition) is 5. The molecule has 176 valence electrons. The van der Waals surface area contributed by atoms with E-state index in [2.05, 4.69) is 10.3 Å². The van der Waals surface area contributed by atoms with Crippen LogP contribution in [0.3, 0.4) is 0 Å². The number of nitrogens with one attached hydrogen (secondary N) is 1. The number of hydrogen-bond acceptors (Lipinski definition) is 6. The number of phenols is 1. The number of aromatic hydroxyl groups is 1. The molecular weight excluding hydrogens is 436 g/mol. The number of carbonyl (C=O) groups is 3. The number of halogens is 1. The van der Waals surface area contributed by atoms with Crippen molar-refractivity contribution in [2.24, 2.45) is 22.2 Å². The van der Waals surface area contributed by atoms with Crippen molar-refractivity contribution in [1.82, 2.24) is 10.2 Å². The number of amides is 2. The summed E-state index contributed by atoms with van der Waals surface area (Å²) >= 11 is 5.70. The number of aliphatic imine (C=N–C) groups is 1. The highest BCUT2D eigenvalue weighted by Crippen LogP contribution is 2.20. The van der Waals surface area contributed by atoms with Gasteiger partial charge in [-0.2, -0.15) is 0 Å². The van der Waals surface area contributed by atoms with E-state index in [1.807, 2.05) is 0 Å². The van der Waals surface area contributed by atoms with Crippen molar-refractivity contribution in [3.8, 4) is 5.75 Å². The first-order valence-electron chi connectivity index (χ1n) is 10.5. The summed E-state index contributed by atoms with van der Waals surface area (Å²) in [7, 11) is 0. The van der Waals surface area contributed by atoms with Gasteiger partial charge in [0.1, 0.15) is 11.8 Å². The number of guanidine groups is 1. The molecule has 8 N–H and O–H groups in total. The molecule has 1 aromatic carbocycles. The molecule has 1 aromatic rings. The Bertz CT molecular complexity index is 828. The van der Waals surface area contributed by atoms with E-state index in [1.165, 1.54) is 17.0 Å². The van der Waals surface area contributed by atoms with Crippen LogP contribution in [-0.2, 0) is 20.8 Å². The Kier molecular flexibility index (Phi) is 9.73. The second kappa shape index (κ2) is 12.3. The fraction of sp³-hybridized carbons (Fsp3) is 0.524. The molecule has 0 aromatic heterocycles. The topological polar surface area (TPSA) is 177 Å². The maximum Gasteiger partial charge on any atom is 0.243 e. The normalized spacial score (nSPS) is 17.4. The Morgan fingerprint density at radius 3 is 2.56 bits per heavy atom. The number of ketones is 1. The minimum atomic E-state index is -0.826. The molecule has 11 heteroatoms. The van der Waals surface area contributed by atoms with Gasteiger partial charge in [0.05, 0.1) is 18.0 Å². The van der Waals surface area contributed by atoms with E-state index in [-0.39, 0.29) is 35.7 Å². The lowest BCUT2D eigenvalue weighted by Crippen LogP contribution is -2.54. The highest BCUT2D eigenvalue weighted by molar-refractivity contribution is 6.28. The first kappa shape index (κ1) is 25.4. The molecule has 0 bridgehead atoms. The third kappa shape index (κ3) is 7.38. The van der Waals surface area contributed by atoms with Crippen molar-refractivity contribution >= 4 is 35.2 Å². The lowest BCUT2D eigenvalue weighted by molar-refractivity contribution is -0.140. The van der Waals surface area contributed by atoms with Crippen LogP contribution in [0.4, 0.5) is 0 Å². The minimum absolute atomic E-state index is 0.0435. The first-order chi connectivity index (χ1) is 15.2. The van der Waals surface area contributed by atoms with Crippen molar-refractivity contribution in [2.45, 2.75) is 50.2 Å². The van der Waals surface area contributed by atoms with Crippen LogP contribution in [0, 0.1) is 0 Å². The van der Waals surface area contributed by atoms with Crippen LogP contribution in [-0.4, -0.2) is 70.7 Å². The lowest BCUT2D eigenvalue weighted by Gasteiger charge is -2.28. The molecule has 3 atom stereocenters. The fourth-order valence-electron chi connectivity index (χ4n) is 3.67. The van der Waals surface area contributed by atoms with Crippen molar-refractivity contribution in [2.75, 3.05) is 19.0 Å². The van der Waals surface area contributed by atoms with Gasteiger partial charge in [-0.3, -0.25) is 19.4 Å². The van der Waals surface area contributed by atoms with E-state index in [0.717, 1.165) is 5.56 Å². The molecule has 3 unspecified atom stereocenters. The zero-order valence-corrected chi connectivity index (χ0v) is 18.6. The molecule has 1 heterocycles. The van der Waals surface area contributed by atoms with E-state index in [9.17, 15) is 19.5 Å². The number of phenolic OH excluding ortho intramolecular Hbond substituents is 1. The number of likely N-dealkylation sites (tertiary alicyclic amines) is 1. The number of nitrogens with zero attached hydrogens (tertiary/aromatic N) is 2. The summed E-state index contributed by atoms with van der Waals surface area (Å²) < 4.78 is 0. The van der Waals surface area contributed by atoms with Crippen LogP contribution in [0.25, 0.3) is 0 Å². The smallest absolute Gasteiger partial charge is 0.243 e. The van der Waals surface area contributed by atoms with E-state index in [4.69, 9.17) is 28.8 Å². The van der Waals surface area contributed by atoms with Gasteiger partial charge in [-0.05, 0) is 49.8 Å². The molecule has 0 spiro atoms. The lowest BCUT2D eigenvalue weighted by atomic mass is 10.0. The Hall–Kier alpha value is -2.85. The Morgan fingerprint density at radius 2 is 1.94 bits per heavy atom. The molecule has 1 fully saturated rings. The molecule has 0 radical (unpaired) electrons. The Balaban J connectivity index is 1.98. The summed E-state index contributed by atoms with van der Waals surface area (Å²) in [5.74, 6) is -1.20. The van der Waals surface area contributed by atoms with Gasteiger partial charge in [0, 0.05) is 13.1 Å². The van der Waals surface area contributed by atoms with Crippen molar-refractivity contribution in [3.63, 3.8) is 0 Å². The largest absolute Gasteiger partial charge is 0.508 e. The molecule has 2 amide bonds. The number of rotatable bonds is 11. The van der Waals surface area contributed by atoms with Gasteiger partial charge < -0.3 is 32.5 Å². The molecular formula is C21H31ClN6O4. The predicted molar refractivity (Wildman–Crippen MR) is 122 cm³/mol. The van der Waals surface area contributed by atoms with Crippen LogP contribution >= 0.6 is 11.6 Å². The van der Waals surface area contributed by atoms with Gasteiger partial charge in [0.2, 0.25) is 11.8 Å². The maximum atomic E-state index is 12.9. The van der Waals surface area contributed by atoms with Gasteiger partial charge in [-0.25, -0.2) is 0 Å². The molecule has 2 rings (SSSR count). The quantitative estimate of drug-likeness (QED) is 0.127. The molecule has 32 heavy (non-hydrogen) atoms. The SMILES string of the molecule is NC(N)=NCCCC(NC(=O)C1CCCN1C(=O)C(N)Cc1ccc(O)cc1)C(=O)CCl. The van der Waals surface area contributed by atoms with Crippen molar-refractivity contribution < 1.29 is 19.5 Å². The Morgan fingerprint density at radius 1 is 1.25 bits per heavy atom. The number of alkyl halides is 1. The van der Waals surface area contributed by atoms with Crippen LogP contribution in [0.1, 0.15) is 31.2 Å². The van der Waals surface area contributed by atoms with Crippen LogP contribution in [0.2, 0.25) is 0 Å². The van der Waals surface area contributed by atoms with Gasteiger partial charge in [-0.15, -0.1) is 11.6 Å². The van der Waals surface area contributed by atoms with Crippen LogP contribution in [0.5, 0.6) is 5.75 Å². The Labute approximate surface area is 192 Å². The van der Waals surface area contributed by atoms with Gasteiger partial charge in [0.25, 0.3) is 0 Å². The third-order valence-corrected chi connectivity index (χ3v) is 5.59. The molecule has 0 saturated carbocycles. The molecule has 0 aliphatic carbocycles. The van der Waals surface area contributed by atoms with Crippen LogP contribution in [0.15, 0.2) is 29.3 Å². The minimum Gasteiger partial charge on any atom is -0.508 e. The van der Waals surface area contributed by atoms with E-state index >= 15 is 0 Å². The second-order valence-corrected chi connectivity index (χ2v) is 8.04. The van der Waals surface area contributed by atoms with E-state index in [0.29, 0.717) is 38.8 Å². The fourth-order valence-corrected chi connectivity index (χ4v) is 3.85. The zero-order valence-electron chi connectivity index (χ0n) is 17.9. The van der Waals surface area contributed by atoms with E-state index in [1.54, 1.807) is 12.1 Å². The molecule has 1 aliphatic rings. The highest BCUT2D eigenvalue weighted by atomic mass is 35.5. The van der Waals surface area contributed by atoms with Crippen molar-refractivity contribution in [3.05, 3.63) is 29.8 Å². The predicted octanol–water partition coefficient (Wildman–Crippen LogP) is -0.401. The number of Topliss-reactive ketones (excluding diaryl/α,β-unsaturated/α-hetero) is 1. The number of nitrogens with two attached hydrogens (primary N) is 3. The van der Waals surface area contributed by atoms with Crippen LogP contribution < -0.4 is 22.5 Å². The maximum absolute atomic E-state index is 12.9. The summed E-state index contributed by atoms with van der Waals surface area (Å²) in [6.07, 6.45) is 2.24. The molecule has 1 saturated heterocycles. The summed E-state index contributed by atoms with van der Waals surface area (Å²) in [4.78, 5) is 43.4. The second-order valence-electron chi connectivity index (χ2n) is 7.78. The standard InChI is InChI=1S/C21H31ClN6O4/c22-12-18(30)16(3-1-9-26-21(24)25)27-19(31)17-4-2-10-28(17)20(32)15(23)11-13-5-7-14(29)8-6-13/h5-8,15-17,29H,1-4,9-12,23H2,(H,27,31)(H4,24,25,26). The van der Waals surface area contributed by atoms with Crippen molar-refractivity contribution in [1.29, 1.82) is 0 Å². The summed E-state index contributed by atoms with van der Waals surface area (Å²) in [6.45, 7) is 0.739. The number of benzene rings is 1. The van der Waals surface area contributed by atoms with Gasteiger partial charge in [0.15, 0.2) is 11.7 Å². The van der Waals surface area contributed by atoms with Gasteiger partial charge >= 0.3 is 0 Å². The summed E-state index contributed by atoms with van der Waals surface area (Å²) in [6, 6.07) is 4.14. The summed E-state index contributed by atoms with van der Waals surface area (Å²) in [5.41, 5.74) is 17.5. The summed E-state index contributed by atoms with van der Waals surface area (Å²) in [5, 5.41) is 12.1. The first-order valence-corrected chi connectivity index (χ1v) is 11.0. The van der Waals surface area contributed by atoms with E-state index < -0.39 is 24.0 Å². The number of carbonyl (C=O) groups excluding carboxylic acids is 3. The third-order valence-electron chi connectivity index (χ3n) is 5.33. The zero-order chi connectivity index (χ0) is 23.7. The molecule has 1 aliphatic heterocycles. The average molecular weight is 467 g/mol. The highest BCUT2D eigenvalue weighted by Gasteiger charge is 2.37. The van der Waals surface area contributed by atoms with Gasteiger partial charge in [-0.1, -0.05) is 12.1 Å². The molecule has 10 nitrogen and oxygen atoms in total.